The van der Waals surface area contributed by atoms with Crippen LogP contribution in [0.1, 0.15) is 45.4 Å². The quantitative estimate of drug-likeness (QED) is 0.884. The SMILES string of the molecule is CCCC1CCC(Nc2ccnc(N(C)C)n2)CC1. The average Bonchev–Trinajstić information content (AvgIpc) is 2.42. The summed E-state index contributed by atoms with van der Waals surface area (Å²) in [7, 11) is 3.93. The number of hydrogen-bond acceptors (Lipinski definition) is 4. The van der Waals surface area contributed by atoms with Gasteiger partial charge in [0.25, 0.3) is 0 Å². The molecule has 1 aliphatic rings. The topological polar surface area (TPSA) is 41.1 Å². The van der Waals surface area contributed by atoms with Crippen molar-refractivity contribution in [3.63, 3.8) is 0 Å². The molecule has 1 aliphatic carbocycles. The van der Waals surface area contributed by atoms with Gasteiger partial charge in [-0.1, -0.05) is 19.8 Å². The average molecular weight is 262 g/mol. The van der Waals surface area contributed by atoms with Crippen LogP contribution in [-0.2, 0) is 0 Å². The maximum atomic E-state index is 4.53. The number of hydrogen-bond donors (Lipinski definition) is 1. The largest absolute Gasteiger partial charge is 0.367 e. The normalized spacial score (nSPS) is 23.1. The number of aromatic nitrogens is 2. The fourth-order valence-electron chi connectivity index (χ4n) is 2.86. The molecule has 1 aromatic heterocycles. The summed E-state index contributed by atoms with van der Waals surface area (Å²) in [5.74, 6) is 2.67. The van der Waals surface area contributed by atoms with Crippen molar-refractivity contribution in [2.75, 3.05) is 24.3 Å². The molecule has 0 unspecified atom stereocenters. The van der Waals surface area contributed by atoms with Gasteiger partial charge in [0.05, 0.1) is 0 Å². The molecule has 19 heavy (non-hydrogen) atoms. The highest BCUT2D eigenvalue weighted by Crippen LogP contribution is 2.29. The Morgan fingerprint density at radius 3 is 2.63 bits per heavy atom. The summed E-state index contributed by atoms with van der Waals surface area (Å²) in [6.07, 6.45) is 9.80. The Morgan fingerprint density at radius 2 is 2.00 bits per heavy atom. The molecule has 0 spiro atoms. The lowest BCUT2D eigenvalue weighted by Crippen LogP contribution is -2.26. The minimum Gasteiger partial charge on any atom is -0.367 e. The van der Waals surface area contributed by atoms with Crippen LogP contribution in [0.25, 0.3) is 0 Å². The van der Waals surface area contributed by atoms with Crippen LogP contribution in [0.15, 0.2) is 12.3 Å². The molecular formula is C15H26N4. The highest BCUT2D eigenvalue weighted by Gasteiger charge is 2.20. The van der Waals surface area contributed by atoms with Gasteiger partial charge in [-0.05, 0) is 37.7 Å². The molecule has 4 heteroatoms. The van der Waals surface area contributed by atoms with Gasteiger partial charge < -0.3 is 10.2 Å². The van der Waals surface area contributed by atoms with E-state index in [1.807, 2.05) is 31.3 Å². The molecule has 4 nitrogen and oxygen atoms in total. The zero-order valence-corrected chi connectivity index (χ0v) is 12.4. The number of anilines is 2. The van der Waals surface area contributed by atoms with E-state index >= 15 is 0 Å². The molecule has 0 atom stereocenters. The Bertz CT molecular complexity index is 383. The lowest BCUT2D eigenvalue weighted by Gasteiger charge is -2.29. The van der Waals surface area contributed by atoms with Gasteiger partial charge in [0.2, 0.25) is 5.95 Å². The van der Waals surface area contributed by atoms with E-state index in [0.29, 0.717) is 6.04 Å². The van der Waals surface area contributed by atoms with Crippen LogP contribution in [0.4, 0.5) is 11.8 Å². The van der Waals surface area contributed by atoms with Gasteiger partial charge in [0.1, 0.15) is 5.82 Å². The molecule has 1 saturated carbocycles. The second kappa shape index (κ2) is 6.73. The van der Waals surface area contributed by atoms with Gasteiger partial charge in [0, 0.05) is 26.3 Å². The summed E-state index contributed by atoms with van der Waals surface area (Å²) in [5, 5.41) is 3.56. The van der Waals surface area contributed by atoms with Crippen molar-refractivity contribution < 1.29 is 0 Å². The van der Waals surface area contributed by atoms with Gasteiger partial charge in [0.15, 0.2) is 0 Å². The summed E-state index contributed by atoms with van der Waals surface area (Å²) in [6.45, 7) is 2.29. The maximum Gasteiger partial charge on any atom is 0.226 e. The first-order chi connectivity index (χ1) is 9.19. The molecule has 1 heterocycles. The van der Waals surface area contributed by atoms with Crippen LogP contribution >= 0.6 is 0 Å². The van der Waals surface area contributed by atoms with Gasteiger partial charge in [-0.15, -0.1) is 0 Å². The third-order valence-electron chi connectivity index (χ3n) is 3.94. The molecule has 0 aromatic carbocycles. The first-order valence-electron chi connectivity index (χ1n) is 7.46. The molecule has 0 saturated heterocycles. The molecule has 0 bridgehead atoms. The van der Waals surface area contributed by atoms with Crippen LogP contribution in [0.3, 0.4) is 0 Å². The van der Waals surface area contributed by atoms with E-state index < -0.39 is 0 Å². The summed E-state index contributed by atoms with van der Waals surface area (Å²) in [6, 6.07) is 2.54. The summed E-state index contributed by atoms with van der Waals surface area (Å²) >= 11 is 0. The third kappa shape index (κ3) is 4.08. The smallest absolute Gasteiger partial charge is 0.226 e. The standard InChI is InChI=1S/C15H26N4/c1-4-5-12-6-8-13(9-7-12)17-14-10-11-16-15(18-14)19(2)3/h10-13H,4-9H2,1-3H3,(H,16,17,18). The fourth-order valence-corrected chi connectivity index (χ4v) is 2.86. The highest BCUT2D eigenvalue weighted by molar-refractivity contribution is 5.41. The van der Waals surface area contributed by atoms with E-state index in [0.717, 1.165) is 17.7 Å². The van der Waals surface area contributed by atoms with Crippen LogP contribution < -0.4 is 10.2 Å². The molecule has 2 rings (SSSR count). The number of nitrogens with zero attached hydrogens (tertiary/aromatic N) is 3. The van der Waals surface area contributed by atoms with Gasteiger partial charge in [-0.25, -0.2) is 4.98 Å². The Labute approximate surface area is 116 Å². The van der Waals surface area contributed by atoms with Gasteiger partial charge in [-0.2, -0.15) is 4.98 Å². The van der Waals surface area contributed by atoms with Crippen molar-refractivity contribution in [3.8, 4) is 0 Å². The minimum atomic E-state index is 0.581. The Morgan fingerprint density at radius 1 is 1.26 bits per heavy atom. The second-order valence-corrected chi connectivity index (χ2v) is 5.79. The first-order valence-corrected chi connectivity index (χ1v) is 7.46. The molecule has 0 amide bonds. The lowest BCUT2D eigenvalue weighted by atomic mass is 9.83. The summed E-state index contributed by atoms with van der Waals surface area (Å²) < 4.78 is 0. The molecule has 0 radical (unpaired) electrons. The number of nitrogens with one attached hydrogen (secondary N) is 1. The predicted molar refractivity (Wildman–Crippen MR) is 80.6 cm³/mol. The van der Waals surface area contributed by atoms with E-state index in [2.05, 4.69) is 22.2 Å². The number of rotatable bonds is 5. The van der Waals surface area contributed by atoms with E-state index in [1.54, 1.807) is 0 Å². The van der Waals surface area contributed by atoms with Crippen molar-refractivity contribution in [1.82, 2.24) is 9.97 Å². The zero-order chi connectivity index (χ0) is 13.7. The van der Waals surface area contributed by atoms with E-state index in [9.17, 15) is 0 Å². The molecular weight excluding hydrogens is 236 g/mol. The molecule has 1 fully saturated rings. The summed E-state index contributed by atoms with van der Waals surface area (Å²) in [4.78, 5) is 10.7. The lowest BCUT2D eigenvalue weighted by molar-refractivity contribution is 0.318. The van der Waals surface area contributed by atoms with Crippen LogP contribution in [0.5, 0.6) is 0 Å². The highest BCUT2D eigenvalue weighted by atomic mass is 15.2. The predicted octanol–water partition coefficient (Wildman–Crippen LogP) is 3.31. The van der Waals surface area contributed by atoms with Crippen molar-refractivity contribution in [3.05, 3.63) is 12.3 Å². The van der Waals surface area contributed by atoms with Gasteiger partial charge in [-0.3, -0.25) is 0 Å². The minimum absolute atomic E-state index is 0.581. The fraction of sp³-hybridized carbons (Fsp3) is 0.733. The van der Waals surface area contributed by atoms with Crippen molar-refractivity contribution in [2.45, 2.75) is 51.5 Å². The van der Waals surface area contributed by atoms with Gasteiger partial charge >= 0.3 is 0 Å². The third-order valence-corrected chi connectivity index (χ3v) is 3.94. The van der Waals surface area contributed by atoms with E-state index in [4.69, 9.17) is 0 Å². The van der Waals surface area contributed by atoms with Crippen LogP contribution in [0.2, 0.25) is 0 Å². The molecule has 1 N–H and O–H groups in total. The van der Waals surface area contributed by atoms with Crippen LogP contribution in [0, 0.1) is 5.92 Å². The monoisotopic (exact) mass is 262 g/mol. The van der Waals surface area contributed by atoms with Crippen molar-refractivity contribution >= 4 is 11.8 Å². The summed E-state index contributed by atoms with van der Waals surface area (Å²) in [5.41, 5.74) is 0. The van der Waals surface area contributed by atoms with Crippen molar-refractivity contribution in [1.29, 1.82) is 0 Å². The maximum absolute atomic E-state index is 4.53. The van der Waals surface area contributed by atoms with Crippen molar-refractivity contribution in [2.24, 2.45) is 5.92 Å². The second-order valence-electron chi connectivity index (χ2n) is 5.79. The van der Waals surface area contributed by atoms with E-state index in [-0.39, 0.29) is 0 Å². The first kappa shape index (κ1) is 14.1. The molecule has 1 aromatic rings. The van der Waals surface area contributed by atoms with Crippen LogP contribution in [-0.4, -0.2) is 30.1 Å². The van der Waals surface area contributed by atoms with E-state index in [1.165, 1.54) is 38.5 Å². The Kier molecular flexibility index (Phi) is 5.00. The Balaban J connectivity index is 1.87. The molecule has 0 aliphatic heterocycles. The Hall–Kier alpha value is -1.32. The molecule has 106 valence electrons. The zero-order valence-electron chi connectivity index (χ0n) is 12.4.